The summed E-state index contributed by atoms with van der Waals surface area (Å²) in [6, 6.07) is 21.2. The van der Waals surface area contributed by atoms with Crippen LogP contribution in [0.4, 0.5) is 0 Å². The minimum Gasteiger partial charge on any atom is -0.497 e. The summed E-state index contributed by atoms with van der Waals surface area (Å²) < 4.78 is 7.10. The van der Waals surface area contributed by atoms with Crippen LogP contribution in [-0.2, 0) is 7.05 Å². The van der Waals surface area contributed by atoms with Crippen molar-refractivity contribution in [2.45, 2.75) is 25.3 Å². The molecule has 2 atom stereocenters. The first kappa shape index (κ1) is 24.1. The number of H-pyrrole nitrogens is 1. The molecule has 4 rings (SSSR count). The number of nitrogens with one attached hydrogen (secondary N) is 2. The fourth-order valence-electron chi connectivity index (χ4n) is 4.57. The van der Waals surface area contributed by atoms with E-state index in [1.54, 1.807) is 22.6 Å². The van der Waals surface area contributed by atoms with Crippen LogP contribution >= 0.6 is 0 Å². The Morgan fingerprint density at radius 1 is 1.09 bits per heavy atom. The van der Waals surface area contributed by atoms with Gasteiger partial charge in [-0.2, -0.15) is 0 Å². The van der Waals surface area contributed by atoms with Gasteiger partial charge in [0.1, 0.15) is 17.1 Å². The van der Waals surface area contributed by atoms with Gasteiger partial charge in [-0.1, -0.05) is 37.3 Å². The number of amides is 2. The highest BCUT2D eigenvalue weighted by Gasteiger charge is 2.28. The molecule has 2 aromatic carbocycles. The van der Waals surface area contributed by atoms with Gasteiger partial charge in [0, 0.05) is 49.7 Å². The Hall–Kier alpha value is -4.00. The number of nitrogens with zero attached hydrogens (tertiary/aromatic N) is 2. The smallest absolute Gasteiger partial charge is 0.270 e. The number of aromatic amines is 1. The maximum absolute atomic E-state index is 13.5. The summed E-state index contributed by atoms with van der Waals surface area (Å²) in [5.41, 5.74) is 3.15. The minimum atomic E-state index is -0.125. The second-order valence-electron chi connectivity index (χ2n) is 8.87. The summed E-state index contributed by atoms with van der Waals surface area (Å²) in [5.74, 6) is 0.596. The first-order chi connectivity index (χ1) is 16.9. The van der Waals surface area contributed by atoms with E-state index in [0.29, 0.717) is 24.4 Å². The molecule has 2 heterocycles. The van der Waals surface area contributed by atoms with Crippen molar-refractivity contribution >= 4 is 22.7 Å². The highest BCUT2D eigenvalue weighted by molar-refractivity contribution is 5.98. The zero-order chi connectivity index (χ0) is 24.9. The molecule has 0 fully saturated rings. The zero-order valence-electron chi connectivity index (χ0n) is 20.6. The summed E-state index contributed by atoms with van der Waals surface area (Å²) >= 11 is 0. The Balaban J connectivity index is 1.54. The number of likely N-dealkylation sites (N-methyl/N-ethyl adjacent to an activating group) is 1. The van der Waals surface area contributed by atoms with Crippen molar-refractivity contribution in [3.63, 3.8) is 0 Å². The number of rotatable bonds is 9. The molecule has 0 bridgehead atoms. The third-order valence-corrected chi connectivity index (χ3v) is 6.68. The standard InChI is InChI=1S/C28H32N4O3/c1-19(20-9-6-5-7-10-20)25(14-15-29-27(33)26-11-8-16-31(26)2)32(3)28(34)24-18-21-17-22(35-4)12-13-23(21)30-24/h5-13,16-19,25,30H,14-15H2,1-4H3,(H,29,33). The van der Waals surface area contributed by atoms with Gasteiger partial charge in [-0.25, -0.2) is 0 Å². The molecule has 2 aromatic heterocycles. The van der Waals surface area contributed by atoms with E-state index in [1.165, 1.54) is 0 Å². The van der Waals surface area contributed by atoms with E-state index in [9.17, 15) is 9.59 Å². The minimum absolute atomic E-state index is 0.0709. The Bertz CT molecular complexity index is 1310. The number of methoxy groups -OCH3 is 1. The van der Waals surface area contributed by atoms with E-state index in [2.05, 4.69) is 29.4 Å². The van der Waals surface area contributed by atoms with Crippen molar-refractivity contribution in [3.05, 3.63) is 89.9 Å². The molecule has 7 heteroatoms. The molecule has 0 radical (unpaired) electrons. The average molecular weight is 473 g/mol. The Labute approximate surface area is 205 Å². The van der Waals surface area contributed by atoms with Crippen LogP contribution in [0.25, 0.3) is 10.9 Å². The molecule has 182 valence electrons. The highest BCUT2D eigenvalue weighted by atomic mass is 16.5. The molecule has 0 aliphatic heterocycles. The van der Waals surface area contributed by atoms with Crippen LogP contribution in [0.3, 0.4) is 0 Å². The van der Waals surface area contributed by atoms with Gasteiger partial charge >= 0.3 is 0 Å². The Morgan fingerprint density at radius 2 is 1.86 bits per heavy atom. The SMILES string of the molecule is COc1ccc2[nH]c(C(=O)N(C)C(CCNC(=O)c3cccn3C)C(C)c3ccccc3)cc2c1. The second-order valence-corrected chi connectivity index (χ2v) is 8.87. The first-order valence-corrected chi connectivity index (χ1v) is 11.8. The van der Waals surface area contributed by atoms with Gasteiger partial charge in [0.15, 0.2) is 0 Å². The van der Waals surface area contributed by atoms with Gasteiger partial charge in [-0.05, 0) is 48.4 Å². The molecule has 0 saturated heterocycles. The second kappa shape index (κ2) is 10.5. The number of aryl methyl sites for hydroxylation is 1. The molecule has 2 N–H and O–H groups in total. The number of aromatic nitrogens is 2. The average Bonchev–Trinajstić information content (AvgIpc) is 3.51. The van der Waals surface area contributed by atoms with Gasteiger partial charge in [0.2, 0.25) is 0 Å². The number of hydrogen-bond acceptors (Lipinski definition) is 3. The van der Waals surface area contributed by atoms with E-state index < -0.39 is 0 Å². The van der Waals surface area contributed by atoms with Crippen molar-refractivity contribution in [2.24, 2.45) is 7.05 Å². The van der Waals surface area contributed by atoms with Crippen LogP contribution in [-0.4, -0.2) is 53.0 Å². The lowest BCUT2D eigenvalue weighted by molar-refractivity contribution is 0.0697. The monoisotopic (exact) mass is 472 g/mol. The normalized spacial score (nSPS) is 12.8. The molecular formula is C28H32N4O3. The predicted molar refractivity (Wildman–Crippen MR) is 138 cm³/mol. The number of ether oxygens (including phenoxy) is 1. The molecule has 0 saturated carbocycles. The maximum atomic E-state index is 13.5. The van der Waals surface area contributed by atoms with Gasteiger partial charge < -0.3 is 24.5 Å². The number of hydrogen-bond donors (Lipinski definition) is 2. The van der Waals surface area contributed by atoms with E-state index in [4.69, 9.17) is 4.74 Å². The van der Waals surface area contributed by atoms with Crippen LogP contribution in [0.15, 0.2) is 72.9 Å². The number of carbonyl (C=O) groups is 2. The van der Waals surface area contributed by atoms with Gasteiger partial charge in [-0.15, -0.1) is 0 Å². The lowest BCUT2D eigenvalue weighted by Crippen LogP contribution is -2.42. The lowest BCUT2D eigenvalue weighted by atomic mass is 9.90. The van der Waals surface area contributed by atoms with Crippen molar-refractivity contribution < 1.29 is 14.3 Å². The van der Waals surface area contributed by atoms with Crippen molar-refractivity contribution in [3.8, 4) is 5.75 Å². The van der Waals surface area contributed by atoms with Crippen LogP contribution in [0.1, 0.15) is 45.8 Å². The van der Waals surface area contributed by atoms with E-state index in [-0.39, 0.29) is 23.8 Å². The Morgan fingerprint density at radius 3 is 2.54 bits per heavy atom. The summed E-state index contributed by atoms with van der Waals surface area (Å²) in [5, 5.41) is 3.93. The van der Waals surface area contributed by atoms with E-state index >= 15 is 0 Å². The molecule has 7 nitrogen and oxygen atoms in total. The van der Waals surface area contributed by atoms with Gasteiger partial charge in [0.05, 0.1) is 7.11 Å². The Kier molecular flexibility index (Phi) is 7.25. The van der Waals surface area contributed by atoms with E-state index in [1.807, 2.05) is 68.8 Å². The van der Waals surface area contributed by atoms with Crippen LogP contribution < -0.4 is 10.1 Å². The predicted octanol–water partition coefficient (Wildman–Crippen LogP) is 4.58. The quantitative estimate of drug-likeness (QED) is 0.374. The molecule has 0 spiro atoms. The molecule has 2 amide bonds. The van der Waals surface area contributed by atoms with Crippen LogP contribution in [0.2, 0.25) is 0 Å². The summed E-state index contributed by atoms with van der Waals surface area (Å²) in [7, 11) is 5.30. The third-order valence-electron chi connectivity index (χ3n) is 6.68. The van der Waals surface area contributed by atoms with Crippen LogP contribution in [0, 0.1) is 0 Å². The molecule has 0 aliphatic carbocycles. The van der Waals surface area contributed by atoms with Crippen LogP contribution in [0.5, 0.6) is 5.75 Å². The van der Waals surface area contributed by atoms with E-state index in [0.717, 1.165) is 22.2 Å². The van der Waals surface area contributed by atoms with Crippen molar-refractivity contribution in [1.29, 1.82) is 0 Å². The summed E-state index contributed by atoms with van der Waals surface area (Å²) in [4.78, 5) is 31.2. The third kappa shape index (κ3) is 5.24. The summed E-state index contributed by atoms with van der Waals surface area (Å²) in [6.07, 6.45) is 2.46. The molecular weight excluding hydrogens is 440 g/mol. The fourth-order valence-corrected chi connectivity index (χ4v) is 4.57. The maximum Gasteiger partial charge on any atom is 0.270 e. The molecule has 0 aliphatic rings. The molecule has 35 heavy (non-hydrogen) atoms. The number of carbonyl (C=O) groups excluding carboxylic acids is 2. The van der Waals surface area contributed by atoms with Crippen molar-refractivity contribution in [2.75, 3.05) is 20.7 Å². The fraction of sp³-hybridized carbons (Fsp3) is 0.286. The zero-order valence-corrected chi connectivity index (χ0v) is 20.6. The lowest BCUT2D eigenvalue weighted by Gasteiger charge is -2.33. The van der Waals surface area contributed by atoms with Gasteiger partial charge in [0.25, 0.3) is 11.8 Å². The largest absolute Gasteiger partial charge is 0.497 e. The summed E-state index contributed by atoms with van der Waals surface area (Å²) in [6.45, 7) is 2.58. The highest BCUT2D eigenvalue weighted by Crippen LogP contribution is 2.27. The first-order valence-electron chi connectivity index (χ1n) is 11.8. The molecule has 4 aromatic rings. The van der Waals surface area contributed by atoms with Gasteiger partial charge in [-0.3, -0.25) is 9.59 Å². The molecule has 2 unspecified atom stereocenters. The number of fused-ring (bicyclic) bond motifs is 1. The topological polar surface area (TPSA) is 79.4 Å². The van der Waals surface area contributed by atoms with Crippen molar-refractivity contribution in [1.82, 2.24) is 19.8 Å². The number of benzene rings is 2.